The molecule has 2 aromatic heterocycles. The third kappa shape index (κ3) is 2.41. The van der Waals surface area contributed by atoms with Gasteiger partial charge in [-0.2, -0.15) is 0 Å². The molecule has 6 heteroatoms. The minimum atomic E-state index is 0.328. The van der Waals surface area contributed by atoms with Gasteiger partial charge in [-0.1, -0.05) is 0 Å². The summed E-state index contributed by atoms with van der Waals surface area (Å²) in [6.07, 6.45) is 7.22. The molecule has 2 aromatic rings. The van der Waals surface area contributed by atoms with Crippen LogP contribution < -0.4 is 5.32 Å². The smallest absolute Gasteiger partial charge is 0.203 e. The number of hydrogen-bond donors (Lipinski definition) is 1. The molecule has 0 spiro atoms. The zero-order valence-electron chi connectivity index (χ0n) is 9.10. The van der Waals surface area contributed by atoms with Crippen molar-refractivity contribution in [3.63, 3.8) is 0 Å². The van der Waals surface area contributed by atoms with Gasteiger partial charge in [0.25, 0.3) is 0 Å². The Morgan fingerprint density at radius 1 is 1.56 bits per heavy atom. The first kappa shape index (κ1) is 11.1. The Kier molecular flexibility index (Phi) is 3.56. The minimum absolute atomic E-state index is 0.328. The molecular weight excluding hydrogens is 226 g/mol. The maximum Gasteiger partial charge on any atom is 0.203 e. The molecule has 0 amide bonds. The Bertz CT molecular complexity index is 455. The van der Waals surface area contributed by atoms with Crippen LogP contribution in [0.5, 0.6) is 0 Å². The summed E-state index contributed by atoms with van der Waals surface area (Å²) in [5, 5.41) is 11.2. The molecule has 0 aliphatic heterocycles. The molecule has 5 nitrogen and oxygen atoms in total. The molecule has 2 heterocycles. The molecule has 2 rings (SSSR count). The van der Waals surface area contributed by atoms with Crippen molar-refractivity contribution in [1.29, 1.82) is 0 Å². The van der Waals surface area contributed by atoms with Gasteiger partial charge >= 0.3 is 0 Å². The van der Waals surface area contributed by atoms with E-state index in [9.17, 15) is 0 Å². The number of nitrogens with zero attached hydrogens (tertiary/aromatic N) is 4. The van der Waals surface area contributed by atoms with Gasteiger partial charge in [0.15, 0.2) is 5.82 Å². The molecule has 0 aromatic carbocycles. The van der Waals surface area contributed by atoms with Gasteiger partial charge in [-0.05, 0) is 19.8 Å². The Labute approximate surface area is 98.9 Å². The lowest BCUT2D eigenvalue weighted by Gasteiger charge is -2.13. The quantitative estimate of drug-likeness (QED) is 0.811. The van der Waals surface area contributed by atoms with Crippen LogP contribution in [0.4, 0.5) is 5.82 Å². The first-order valence-corrected chi connectivity index (χ1v) is 5.81. The number of anilines is 1. The molecule has 1 unspecified atom stereocenters. The molecule has 1 atom stereocenters. The summed E-state index contributed by atoms with van der Waals surface area (Å²) in [4.78, 5) is 4.26. The van der Waals surface area contributed by atoms with Crippen molar-refractivity contribution in [3.8, 4) is 0 Å². The van der Waals surface area contributed by atoms with Crippen LogP contribution in [-0.2, 0) is 0 Å². The van der Waals surface area contributed by atoms with Gasteiger partial charge in [-0.3, -0.25) is 4.40 Å². The molecule has 0 saturated carbocycles. The summed E-state index contributed by atoms with van der Waals surface area (Å²) in [5.74, 6) is 1.45. The zero-order valence-corrected chi connectivity index (χ0v) is 9.85. The summed E-state index contributed by atoms with van der Waals surface area (Å²) in [6.45, 7) is 2.11. The summed E-state index contributed by atoms with van der Waals surface area (Å²) < 4.78 is 1.84. The van der Waals surface area contributed by atoms with Crippen molar-refractivity contribution >= 4 is 23.1 Å². The average molecular weight is 240 g/mol. The second kappa shape index (κ2) is 5.12. The van der Waals surface area contributed by atoms with E-state index >= 15 is 0 Å². The summed E-state index contributed by atoms with van der Waals surface area (Å²) in [7, 11) is 0. The van der Waals surface area contributed by atoms with Crippen molar-refractivity contribution in [2.24, 2.45) is 0 Å². The van der Waals surface area contributed by atoms with E-state index in [1.165, 1.54) is 0 Å². The minimum Gasteiger partial charge on any atom is -0.364 e. The second-order valence-electron chi connectivity index (χ2n) is 3.71. The topological polar surface area (TPSA) is 55.1 Å². The molecule has 1 N–H and O–H groups in total. The Balaban J connectivity index is 2.11. The van der Waals surface area contributed by atoms with Gasteiger partial charge in [0, 0.05) is 24.3 Å². The molecule has 0 bridgehead atoms. The fourth-order valence-corrected chi connectivity index (χ4v) is 1.70. The van der Waals surface area contributed by atoms with Crippen molar-refractivity contribution < 1.29 is 0 Å². The van der Waals surface area contributed by atoms with Crippen LogP contribution in [0.3, 0.4) is 0 Å². The number of rotatable bonds is 5. The van der Waals surface area contributed by atoms with Gasteiger partial charge in [0.05, 0.1) is 0 Å². The third-order valence-electron chi connectivity index (χ3n) is 2.37. The lowest BCUT2D eigenvalue weighted by molar-refractivity contribution is 0.690. The van der Waals surface area contributed by atoms with E-state index in [1.54, 1.807) is 12.5 Å². The molecular formula is C10H14ClN5. The van der Waals surface area contributed by atoms with E-state index in [-0.39, 0.29) is 0 Å². The number of fused-ring (bicyclic) bond motifs is 1. The van der Waals surface area contributed by atoms with Crippen LogP contribution in [0.1, 0.15) is 19.8 Å². The molecule has 0 aliphatic rings. The molecule has 0 saturated heterocycles. The Hall–Kier alpha value is -1.36. The molecule has 86 valence electrons. The average Bonchev–Trinajstić information content (AvgIpc) is 2.75. The predicted octanol–water partition coefficient (Wildman–Crippen LogP) is 1.94. The molecule has 0 fully saturated rings. The van der Waals surface area contributed by atoms with Crippen molar-refractivity contribution in [3.05, 3.63) is 18.7 Å². The van der Waals surface area contributed by atoms with Crippen LogP contribution >= 0.6 is 11.6 Å². The number of nitrogens with one attached hydrogen (secondary N) is 1. The van der Waals surface area contributed by atoms with Crippen LogP contribution in [0, 0.1) is 0 Å². The molecule has 0 radical (unpaired) electrons. The standard InChI is InChI=1S/C10H14ClN5/c1-8(3-2-4-11)14-9-10-15-13-7-16(10)6-5-12-9/h5-8H,2-4H2,1H3,(H,12,14). The number of aromatic nitrogens is 4. The maximum absolute atomic E-state index is 5.66. The van der Waals surface area contributed by atoms with E-state index in [2.05, 4.69) is 27.4 Å². The van der Waals surface area contributed by atoms with Crippen LogP contribution in [0.2, 0.25) is 0 Å². The number of hydrogen-bond acceptors (Lipinski definition) is 4. The van der Waals surface area contributed by atoms with E-state index in [1.807, 2.05) is 10.6 Å². The summed E-state index contributed by atoms with van der Waals surface area (Å²) >= 11 is 5.66. The van der Waals surface area contributed by atoms with E-state index in [4.69, 9.17) is 11.6 Å². The highest BCUT2D eigenvalue weighted by atomic mass is 35.5. The van der Waals surface area contributed by atoms with Crippen molar-refractivity contribution in [1.82, 2.24) is 19.6 Å². The first-order valence-electron chi connectivity index (χ1n) is 5.28. The van der Waals surface area contributed by atoms with Gasteiger partial charge in [0.1, 0.15) is 6.33 Å². The fraction of sp³-hybridized carbons (Fsp3) is 0.500. The summed E-state index contributed by atoms with van der Waals surface area (Å²) in [5.41, 5.74) is 0.750. The first-order chi connectivity index (χ1) is 7.81. The van der Waals surface area contributed by atoms with Crippen molar-refractivity contribution in [2.75, 3.05) is 11.2 Å². The normalized spacial score (nSPS) is 12.9. The van der Waals surface area contributed by atoms with E-state index in [0.717, 1.165) is 24.3 Å². The van der Waals surface area contributed by atoms with Gasteiger partial charge in [-0.25, -0.2) is 4.98 Å². The zero-order chi connectivity index (χ0) is 11.4. The Morgan fingerprint density at radius 2 is 2.44 bits per heavy atom. The van der Waals surface area contributed by atoms with E-state index in [0.29, 0.717) is 11.9 Å². The van der Waals surface area contributed by atoms with Crippen LogP contribution in [-0.4, -0.2) is 31.5 Å². The van der Waals surface area contributed by atoms with Crippen LogP contribution in [0.15, 0.2) is 18.7 Å². The lowest BCUT2D eigenvalue weighted by atomic mass is 10.2. The van der Waals surface area contributed by atoms with Gasteiger partial charge < -0.3 is 5.32 Å². The largest absolute Gasteiger partial charge is 0.364 e. The SMILES string of the molecule is CC(CCCCl)Nc1nccn2cnnc12. The lowest BCUT2D eigenvalue weighted by Crippen LogP contribution is -2.16. The number of halogens is 1. The fourth-order valence-electron chi connectivity index (χ4n) is 1.55. The highest BCUT2D eigenvalue weighted by Gasteiger charge is 2.07. The highest BCUT2D eigenvalue weighted by molar-refractivity contribution is 6.17. The Morgan fingerprint density at radius 3 is 3.25 bits per heavy atom. The van der Waals surface area contributed by atoms with Crippen LogP contribution in [0.25, 0.3) is 5.65 Å². The summed E-state index contributed by atoms with van der Waals surface area (Å²) in [6, 6.07) is 0.328. The monoisotopic (exact) mass is 239 g/mol. The third-order valence-corrected chi connectivity index (χ3v) is 2.64. The second-order valence-corrected chi connectivity index (χ2v) is 4.09. The van der Waals surface area contributed by atoms with Gasteiger partial charge in [0.2, 0.25) is 5.65 Å². The van der Waals surface area contributed by atoms with Gasteiger partial charge in [-0.15, -0.1) is 21.8 Å². The predicted molar refractivity (Wildman–Crippen MR) is 63.8 cm³/mol. The highest BCUT2D eigenvalue weighted by Crippen LogP contribution is 2.12. The molecule has 0 aliphatic carbocycles. The van der Waals surface area contributed by atoms with Crippen molar-refractivity contribution in [2.45, 2.75) is 25.8 Å². The molecule has 16 heavy (non-hydrogen) atoms. The maximum atomic E-state index is 5.66. The van der Waals surface area contributed by atoms with E-state index < -0.39 is 0 Å². The number of alkyl halides is 1.